The topological polar surface area (TPSA) is 117 Å². The summed E-state index contributed by atoms with van der Waals surface area (Å²) in [5.74, 6) is -1.56. The van der Waals surface area contributed by atoms with E-state index in [1.165, 1.54) is 27.1 Å². The maximum absolute atomic E-state index is 12.2. The minimum atomic E-state index is -3.71. The Hall–Kier alpha value is -2.65. The van der Waals surface area contributed by atoms with Crippen LogP contribution < -0.4 is 5.32 Å². The van der Waals surface area contributed by atoms with Crippen LogP contribution in [0, 0.1) is 6.92 Å². The highest BCUT2D eigenvalue weighted by Gasteiger charge is 2.25. The van der Waals surface area contributed by atoms with Gasteiger partial charge in [-0.15, -0.1) is 0 Å². The van der Waals surface area contributed by atoms with Crippen molar-refractivity contribution in [3.05, 3.63) is 47.4 Å². The molecule has 9 heteroatoms. The van der Waals surface area contributed by atoms with E-state index in [1.54, 1.807) is 24.3 Å². The molecular formula is C16H18N2O6S. The van der Waals surface area contributed by atoms with Crippen molar-refractivity contribution in [1.29, 1.82) is 0 Å². The lowest BCUT2D eigenvalue weighted by Crippen LogP contribution is -2.22. The summed E-state index contributed by atoms with van der Waals surface area (Å²) < 4.78 is 30.6. The SMILES string of the molecule is Cc1oc(C(=O)Nc2ccc(CC(=O)O)cc2)cc1S(=O)(=O)N(C)C. The zero-order valence-corrected chi connectivity index (χ0v) is 14.8. The first-order valence-electron chi connectivity index (χ1n) is 7.26. The standard InChI is InChI=1S/C16H18N2O6S/c1-10-14(25(22,23)18(2)3)9-13(24-10)16(21)17-12-6-4-11(5-7-12)8-15(19)20/h4-7,9H,8H2,1-3H3,(H,17,21)(H,19,20). The Morgan fingerprint density at radius 1 is 1.20 bits per heavy atom. The number of benzene rings is 1. The molecule has 0 bridgehead atoms. The van der Waals surface area contributed by atoms with Gasteiger partial charge in [0.15, 0.2) is 5.76 Å². The summed E-state index contributed by atoms with van der Waals surface area (Å²) >= 11 is 0. The van der Waals surface area contributed by atoms with Crippen LogP contribution in [0.5, 0.6) is 0 Å². The Labute approximate surface area is 145 Å². The van der Waals surface area contributed by atoms with Crippen LogP contribution in [0.4, 0.5) is 5.69 Å². The van der Waals surface area contributed by atoms with Crippen LogP contribution >= 0.6 is 0 Å². The number of hydrogen-bond acceptors (Lipinski definition) is 5. The van der Waals surface area contributed by atoms with Crippen LogP contribution in [0.2, 0.25) is 0 Å². The lowest BCUT2D eigenvalue weighted by atomic mass is 10.1. The maximum atomic E-state index is 12.2. The van der Waals surface area contributed by atoms with Crippen molar-refractivity contribution in [2.75, 3.05) is 19.4 Å². The summed E-state index contributed by atoms with van der Waals surface area (Å²) in [4.78, 5) is 22.8. The second kappa shape index (κ2) is 7.08. The van der Waals surface area contributed by atoms with Crippen molar-refractivity contribution in [3.8, 4) is 0 Å². The number of carboxylic acid groups (broad SMARTS) is 1. The molecule has 0 spiro atoms. The Morgan fingerprint density at radius 3 is 2.32 bits per heavy atom. The summed E-state index contributed by atoms with van der Waals surface area (Å²) in [6, 6.07) is 7.46. The molecule has 1 amide bonds. The van der Waals surface area contributed by atoms with Crippen LogP contribution in [0.25, 0.3) is 0 Å². The highest BCUT2D eigenvalue weighted by Crippen LogP contribution is 2.23. The van der Waals surface area contributed by atoms with Crippen molar-refractivity contribution in [2.45, 2.75) is 18.2 Å². The third kappa shape index (κ3) is 4.25. The van der Waals surface area contributed by atoms with Gasteiger partial charge in [0.05, 0.1) is 6.42 Å². The van der Waals surface area contributed by atoms with Gasteiger partial charge < -0.3 is 14.8 Å². The Morgan fingerprint density at radius 2 is 1.80 bits per heavy atom. The third-order valence-electron chi connectivity index (χ3n) is 3.42. The number of carbonyl (C=O) groups is 2. The van der Waals surface area contributed by atoms with E-state index in [-0.39, 0.29) is 22.8 Å². The molecule has 0 unspecified atom stereocenters. The molecule has 0 saturated carbocycles. The molecule has 0 radical (unpaired) electrons. The van der Waals surface area contributed by atoms with Crippen LogP contribution in [0.1, 0.15) is 21.9 Å². The monoisotopic (exact) mass is 366 g/mol. The molecule has 2 aromatic rings. The normalized spacial score (nSPS) is 11.5. The number of sulfonamides is 1. The minimum Gasteiger partial charge on any atom is -0.481 e. The second-order valence-corrected chi connectivity index (χ2v) is 7.66. The van der Waals surface area contributed by atoms with Crippen molar-refractivity contribution in [1.82, 2.24) is 4.31 Å². The van der Waals surface area contributed by atoms with E-state index in [1.807, 2.05) is 0 Å². The number of hydrogen-bond donors (Lipinski definition) is 2. The average molecular weight is 366 g/mol. The average Bonchev–Trinajstić information content (AvgIpc) is 2.91. The first-order chi connectivity index (χ1) is 11.6. The number of furan rings is 1. The van der Waals surface area contributed by atoms with Gasteiger partial charge in [-0.05, 0) is 24.6 Å². The molecule has 0 aliphatic carbocycles. The van der Waals surface area contributed by atoms with Gasteiger partial charge in [-0.1, -0.05) is 12.1 Å². The Bertz CT molecular complexity index is 897. The van der Waals surface area contributed by atoms with E-state index in [0.29, 0.717) is 11.3 Å². The number of nitrogens with one attached hydrogen (secondary N) is 1. The van der Waals surface area contributed by atoms with E-state index in [0.717, 1.165) is 4.31 Å². The summed E-state index contributed by atoms with van der Waals surface area (Å²) in [6.45, 7) is 1.47. The van der Waals surface area contributed by atoms with Gasteiger partial charge in [0.25, 0.3) is 5.91 Å². The third-order valence-corrected chi connectivity index (χ3v) is 5.34. The van der Waals surface area contributed by atoms with Gasteiger partial charge in [-0.2, -0.15) is 0 Å². The van der Waals surface area contributed by atoms with E-state index < -0.39 is 21.9 Å². The van der Waals surface area contributed by atoms with Crippen molar-refractivity contribution in [2.24, 2.45) is 0 Å². The maximum Gasteiger partial charge on any atom is 0.307 e. The zero-order valence-electron chi connectivity index (χ0n) is 13.9. The molecule has 2 N–H and O–H groups in total. The first kappa shape index (κ1) is 18.7. The highest BCUT2D eigenvalue weighted by atomic mass is 32.2. The second-order valence-electron chi connectivity index (χ2n) is 5.54. The van der Waals surface area contributed by atoms with Crippen LogP contribution in [-0.4, -0.2) is 43.8 Å². The molecule has 0 saturated heterocycles. The number of amides is 1. The molecule has 8 nitrogen and oxygen atoms in total. The van der Waals surface area contributed by atoms with Crippen molar-refractivity contribution < 1.29 is 27.5 Å². The van der Waals surface area contributed by atoms with Crippen molar-refractivity contribution in [3.63, 3.8) is 0 Å². The highest BCUT2D eigenvalue weighted by molar-refractivity contribution is 7.89. The Balaban J connectivity index is 2.18. The molecule has 134 valence electrons. The molecule has 25 heavy (non-hydrogen) atoms. The summed E-state index contributed by atoms with van der Waals surface area (Å²) in [5.41, 5.74) is 1.03. The van der Waals surface area contributed by atoms with Gasteiger partial charge in [0, 0.05) is 25.8 Å². The summed E-state index contributed by atoms with van der Waals surface area (Å²) in [5, 5.41) is 11.3. The van der Waals surface area contributed by atoms with Crippen LogP contribution in [0.3, 0.4) is 0 Å². The van der Waals surface area contributed by atoms with E-state index in [2.05, 4.69) is 5.32 Å². The molecule has 1 aromatic carbocycles. The molecule has 0 aliphatic heterocycles. The lowest BCUT2D eigenvalue weighted by Gasteiger charge is -2.09. The van der Waals surface area contributed by atoms with E-state index in [4.69, 9.17) is 9.52 Å². The molecule has 0 atom stereocenters. The van der Waals surface area contributed by atoms with E-state index >= 15 is 0 Å². The fourth-order valence-electron chi connectivity index (χ4n) is 2.10. The van der Waals surface area contributed by atoms with Gasteiger partial charge in [0.1, 0.15) is 10.7 Å². The number of carboxylic acids is 1. The summed E-state index contributed by atoms with van der Waals surface area (Å²) in [7, 11) is -0.928. The smallest absolute Gasteiger partial charge is 0.307 e. The van der Waals surface area contributed by atoms with Gasteiger partial charge >= 0.3 is 5.97 Å². The molecule has 1 heterocycles. The molecule has 2 rings (SSSR count). The van der Waals surface area contributed by atoms with E-state index in [9.17, 15) is 18.0 Å². The zero-order chi connectivity index (χ0) is 18.8. The largest absolute Gasteiger partial charge is 0.481 e. The predicted octanol–water partition coefficient (Wildman–Crippen LogP) is 1.72. The fraction of sp³-hybridized carbons (Fsp3) is 0.250. The number of anilines is 1. The molecular weight excluding hydrogens is 348 g/mol. The number of aryl methyl sites for hydroxylation is 1. The molecule has 0 aliphatic rings. The molecule has 1 aromatic heterocycles. The minimum absolute atomic E-state index is 0.0699. The number of carbonyl (C=O) groups excluding carboxylic acids is 1. The van der Waals surface area contributed by atoms with Gasteiger partial charge in [-0.25, -0.2) is 12.7 Å². The summed E-state index contributed by atoms with van der Waals surface area (Å²) in [6.07, 6.45) is -0.114. The predicted molar refractivity (Wildman–Crippen MR) is 90.1 cm³/mol. The number of aliphatic carboxylic acids is 1. The first-order valence-corrected chi connectivity index (χ1v) is 8.70. The Kier molecular flexibility index (Phi) is 5.29. The molecule has 0 fully saturated rings. The van der Waals surface area contributed by atoms with Crippen LogP contribution in [-0.2, 0) is 21.2 Å². The van der Waals surface area contributed by atoms with Crippen LogP contribution in [0.15, 0.2) is 39.6 Å². The number of rotatable bonds is 6. The quantitative estimate of drug-likeness (QED) is 0.804. The van der Waals surface area contributed by atoms with Crippen molar-refractivity contribution >= 4 is 27.6 Å². The fourth-order valence-corrected chi connectivity index (χ4v) is 3.16. The lowest BCUT2D eigenvalue weighted by molar-refractivity contribution is -0.136. The van der Waals surface area contributed by atoms with Gasteiger partial charge in [0.2, 0.25) is 10.0 Å². The van der Waals surface area contributed by atoms with Gasteiger partial charge in [-0.3, -0.25) is 9.59 Å². The number of nitrogens with zero attached hydrogens (tertiary/aromatic N) is 1.